The summed E-state index contributed by atoms with van der Waals surface area (Å²) in [6, 6.07) is 1.72. The molecule has 0 aliphatic rings. The normalized spacial score (nSPS) is 9.93. The average Bonchev–Trinajstić information content (AvgIpc) is 2.17. The number of carbonyl (C=O) groups excluding carboxylic acids is 1. The predicted octanol–water partition coefficient (Wildman–Crippen LogP) is 2.01. The first-order valence-electron chi connectivity index (χ1n) is 3.74. The van der Waals surface area contributed by atoms with Crippen LogP contribution in [-0.4, -0.2) is 11.3 Å². The maximum Gasteiger partial charge on any atom is 0.266 e. The van der Waals surface area contributed by atoms with Crippen molar-refractivity contribution in [3.8, 4) is 6.07 Å². The highest BCUT2D eigenvalue weighted by molar-refractivity contribution is 5.80. The average molecular weight is 196 g/mol. The van der Waals surface area contributed by atoms with Gasteiger partial charge in [-0.1, -0.05) is 0 Å². The predicted molar refractivity (Wildman–Crippen MR) is 44.0 cm³/mol. The zero-order chi connectivity index (χ0) is 10.7. The monoisotopic (exact) mass is 196 g/mol. The van der Waals surface area contributed by atoms with E-state index in [1.165, 1.54) is 6.92 Å². The molecular formula is C9H6F2N2O. The summed E-state index contributed by atoms with van der Waals surface area (Å²) in [7, 11) is 0. The first-order valence-corrected chi connectivity index (χ1v) is 3.74. The van der Waals surface area contributed by atoms with Gasteiger partial charge in [-0.3, -0.25) is 4.79 Å². The minimum absolute atomic E-state index is 0.00324. The summed E-state index contributed by atoms with van der Waals surface area (Å²) >= 11 is 0. The summed E-state index contributed by atoms with van der Waals surface area (Å²) in [4.78, 5) is 14.1. The van der Waals surface area contributed by atoms with Crippen molar-refractivity contribution in [1.82, 2.24) is 4.98 Å². The van der Waals surface area contributed by atoms with Gasteiger partial charge in [0.25, 0.3) is 6.43 Å². The standard InChI is InChI=1S/C9H6F2N2O/c1-5-7(4-14)6(9(10)11)3-13-8(5)2-12/h3-4,9H,1H3. The minimum atomic E-state index is -2.76. The SMILES string of the molecule is Cc1c(C#N)ncc(C(F)F)c1C=O. The number of rotatable bonds is 2. The van der Waals surface area contributed by atoms with Gasteiger partial charge in [0.05, 0.1) is 0 Å². The smallest absolute Gasteiger partial charge is 0.266 e. The second-order valence-corrected chi connectivity index (χ2v) is 2.63. The molecule has 3 nitrogen and oxygen atoms in total. The van der Waals surface area contributed by atoms with Crippen molar-refractivity contribution in [2.75, 3.05) is 0 Å². The Morgan fingerprint density at radius 3 is 2.71 bits per heavy atom. The quantitative estimate of drug-likeness (QED) is 0.680. The number of aldehydes is 1. The third-order valence-corrected chi connectivity index (χ3v) is 1.86. The van der Waals surface area contributed by atoms with Crippen LogP contribution in [0, 0.1) is 18.3 Å². The third-order valence-electron chi connectivity index (χ3n) is 1.86. The highest BCUT2D eigenvalue weighted by Crippen LogP contribution is 2.24. The molecule has 0 aliphatic heterocycles. The Bertz CT molecular complexity index is 410. The molecule has 1 heterocycles. The Hall–Kier alpha value is -1.83. The Balaban J connectivity index is 3.45. The topological polar surface area (TPSA) is 53.8 Å². The number of aromatic nitrogens is 1. The second kappa shape index (κ2) is 3.92. The molecule has 0 aromatic carbocycles. The van der Waals surface area contributed by atoms with Crippen LogP contribution in [0.15, 0.2) is 6.20 Å². The summed E-state index contributed by atoms with van der Waals surface area (Å²) in [5, 5.41) is 8.55. The molecule has 0 saturated carbocycles. The van der Waals surface area contributed by atoms with Gasteiger partial charge in [-0.15, -0.1) is 0 Å². The van der Waals surface area contributed by atoms with Crippen LogP contribution in [0.25, 0.3) is 0 Å². The van der Waals surface area contributed by atoms with Crippen LogP contribution in [0.3, 0.4) is 0 Å². The number of hydrogen-bond donors (Lipinski definition) is 0. The van der Waals surface area contributed by atoms with E-state index in [2.05, 4.69) is 4.98 Å². The second-order valence-electron chi connectivity index (χ2n) is 2.63. The molecule has 72 valence electrons. The van der Waals surface area contributed by atoms with Gasteiger partial charge < -0.3 is 0 Å². The van der Waals surface area contributed by atoms with E-state index in [0.717, 1.165) is 6.20 Å². The molecule has 0 aliphatic carbocycles. The molecule has 0 spiro atoms. The molecular weight excluding hydrogens is 190 g/mol. The Labute approximate surface area is 79.0 Å². The molecule has 0 saturated heterocycles. The van der Waals surface area contributed by atoms with Crippen molar-refractivity contribution < 1.29 is 13.6 Å². The highest BCUT2D eigenvalue weighted by Gasteiger charge is 2.17. The lowest BCUT2D eigenvalue weighted by atomic mass is 10.0. The molecule has 0 fully saturated rings. The Morgan fingerprint density at radius 1 is 1.64 bits per heavy atom. The molecule has 1 aromatic rings. The molecule has 0 unspecified atom stereocenters. The van der Waals surface area contributed by atoms with Gasteiger partial charge in [-0.05, 0) is 12.5 Å². The molecule has 0 radical (unpaired) electrons. The number of alkyl halides is 2. The van der Waals surface area contributed by atoms with Crippen molar-refractivity contribution in [3.63, 3.8) is 0 Å². The fraction of sp³-hybridized carbons (Fsp3) is 0.222. The van der Waals surface area contributed by atoms with Gasteiger partial charge in [-0.2, -0.15) is 5.26 Å². The lowest BCUT2D eigenvalue weighted by Crippen LogP contribution is -2.01. The summed E-state index contributed by atoms with van der Waals surface area (Å²) in [5.74, 6) is 0. The van der Waals surface area contributed by atoms with Crippen LogP contribution < -0.4 is 0 Å². The van der Waals surface area contributed by atoms with Crippen LogP contribution >= 0.6 is 0 Å². The van der Waals surface area contributed by atoms with Crippen molar-refractivity contribution in [2.45, 2.75) is 13.3 Å². The molecule has 0 amide bonds. The lowest BCUT2D eigenvalue weighted by molar-refractivity contribution is 0.110. The van der Waals surface area contributed by atoms with Gasteiger partial charge in [-0.25, -0.2) is 13.8 Å². The summed E-state index contributed by atoms with van der Waals surface area (Å²) in [6.45, 7) is 1.42. The fourth-order valence-electron chi connectivity index (χ4n) is 1.09. The fourth-order valence-corrected chi connectivity index (χ4v) is 1.09. The maximum absolute atomic E-state index is 12.3. The maximum atomic E-state index is 12.3. The molecule has 1 aromatic heterocycles. The number of pyridine rings is 1. The van der Waals surface area contributed by atoms with Crippen LogP contribution in [-0.2, 0) is 0 Å². The minimum Gasteiger partial charge on any atom is -0.298 e. The van der Waals surface area contributed by atoms with Crippen LogP contribution in [0.4, 0.5) is 8.78 Å². The van der Waals surface area contributed by atoms with E-state index in [1.807, 2.05) is 0 Å². The van der Waals surface area contributed by atoms with E-state index in [9.17, 15) is 13.6 Å². The zero-order valence-electron chi connectivity index (χ0n) is 7.29. The zero-order valence-corrected chi connectivity index (χ0v) is 7.29. The van der Waals surface area contributed by atoms with Crippen molar-refractivity contribution >= 4 is 6.29 Å². The summed E-state index contributed by atoms with van der Waals surface area (Å²) in [5.41, 5.74) is -0.389. The summed E-state index contributed by atoms with van der Waals surface area (Å²) < 4.78 is 24.7. The van der Waals surface area contributed by atoms with Gasteiger partial charge in [0.15, 0.2) is 6.29 Å². The van der Waals surface area contributed by atoms with Crippen molar-refractivity contribution in [3.05, 3.63) is 28.6 Å². The number of carbonyl (C=O) groups is 1. The van der Waals surface area contributed by atoms with E-state index in [4.69, 9.17) is 5.26 Å². The first-order chi connectivity index (χ1) is 6.61. The molecule has 0 bridgehead atoms. The van der Waals surface area contributed by atoms with Gasteiger partial charge in [0, 0.05) is 17.3 Å². The van der Waals surface area contributed by atoms with Gasteiger partial charge >= 0.3 is 0 Å². The number of nitriles is 1. The van der Waals surface area contributed by atoms with Crippen LogP contribution in [0.1, 0.15) is 33.6 Å². The first kappa shape index (κ1) is 10.3. The molecule has 1 rings (SSSR count). The Kier molecular flexibility index (Phi) is 2.87. The lowest BCUT2D eigenvalue weighted by Gasteiger charge is -2.06. The van der Waals surface area contributed by atoms with Crippen LogP contribution in [0.2, 0.25) is 0 Å². The van der Waals surface area contributed by atoms with E-state index in [1.54, 1.807) is 6.07 Å². The van der Waals surface area contributed by atoms with Gasteiger partial charge in [0.2, 0.25) is 0 Å². The van der Waals surface area contributed by atoms with E-state index in [-0.39, 0.29) is 16.8 Å². The van der Waals surface area contributed by atoms with E-state index >= 15 is 0 Å². The van der Waals surface area contributed by atoms with E-state index in [0.29, 0.717) is 6.29 Å². The van der Waals surface area contributed by atoms with E-state index < -0.39 is 12.0 Å². The number of hydrogen-bond acceptors (Lipinski definition) is 3. The molecule has 14 heavy (non-hydrogen) atoms. The molecule has 5 heteroatoms. The molecule has 0 atom stereocenters. The summed E-state index contributed by atoms with van der Waals surface area (Å²) in [6.07, 6.45) is -1.58. The Morgan fingerprint density at radius 2 is 2.29 bits per heavy atom. The highest BCUT2D eigenvalue weighted by atomic mass is 19.3. The van der Waals surface area contributed by atoms with Crippen LogP contribution in [0.5, 0.6) is 0 Å². The van der Waals surface area contributed by atoms with Gasteiger partial charge in [0.1, 0.15) is 11.8 Å². The third kappa shape index (κ3) is 1.59. The number of nitrogens with zero attached hydrogens (tertiary/aromatic N) is 2. The molecule has 0 N–H and O–H groups in total. The largest absolute Gasteiger partial charge is 0.298 e. The van der Waals surface area contributed by atoms with Crippen molar-refractivity contribution in [1.29, 1.82) is 5.26 Å². The number of halogens is 2. The van der Waals surface area contributed by atoms with Crippen molar-refractivity contribution in [2.24, 2.45) is 0 Å².